The van der Waals surface area contributed by atoms with Crippen LogP contribution in [-0.4, -0.2) is 33.9 Å². The van der Waals surface area contributed by atoms with E-state index in [1.807, 2.05) is 40.9 Å². The second kappa shape index (κ2) is 5.62. The molecule has 5 aromatic rings. The van der Waals surface area contributed by atoms with Gasteiger partial charge in [-0.2, -0.15) is 0 Å². The van der Waals surface area contributed by atoms with Crippen LogP contribution >= 0.6 is 0 Å². The van der Waals surface area contributed by atoms with Gasteiger partial charge in [0.15, 0.2) is 11.5 Å². The second-order valence-electron chi connectivity index (χ2n) is 5.88. The van der Waals surface area contributed by atoms with Crippen molar-refractivity contribution in [2.24, 2.45) is 0 Å². The lowest BCUT2D eigenvalue weighted by atomic mass is 10.3. The molecule has 0 bridgehead atoms. The average Bonchev–Trinajstić information content (AvgIpc) is 3.24. The fourth-order valence-electron chi connectivity index (χ4n) is 2.99. The number of imidazole rings is 2. The predicted octanol–water partition coefficient (Wildman–Crippen LogP) is 1.88. The topological polar surface area (TPSA) is 93.8 Å². The molecule has 5 aromatic heterocycles. The van der Waals surface area contributed by atoms with Crippen molar-refractivity contribution in [2.45, 2.75) is 6.54 Å². The van der Waals surface area contributed by atoms with Crippen LogP contribution in [0.5, 0.6) is 0 Å². The molecule has 26 heavy (non-hydrogen) atoms. The molecule has 0 aliphatic carbocycles. The highest BCUT2D eigenvalue weighted by molar-refractivity contribution is 5.72. The van der Waals surface area contributed by atoms with Gasteiger partial charge in [-0.1, -0.05) is 12.1 Å². The number of aromatic amines is 1. The summed E-state index contributed by atoms with van der Waals surface area (Å²) in [6, 6.07) is 9.52. The van der Waals surface area contributed by atoms with Gasteiger partial charge >= 0.3 is 5.69 Å². The lowest BCUT2D eigenvalue weighted by Gasteiger charge is -2.04. The lowest BCUT2D eigenvalue weighted by Crippen LogP contribution is -2.17. The first-order valence-corrected chi connectivity index (χ1v) is 8.06. The Kier molecular flexibility index (Phi) is 3.14. The first kappa shape index (κ1) is 14.5. The summed E-state index contributed by atoms with van der Waals surface area (Å²) in [5, 5.41) is 0. The number of nitrogens with one attached hydrogen (secondary N) is 1. The molecular weight excluding hydrogens is 330 g/mol. The fourth-order valence-corrected chi connectivity index (χ4v) is 2.99. The SMILES string of the molecule is O=c1[nH]c2cnc(-c3cnc4ccccn34)nc2n1Cc1cccnc1. The van der Waals surface area contributed by atoms with Crippen molar-refractivity contribution in [3.05, 3.63) is 77.4 Å². The quantitative estimate of drug-likeness (QED) is 0.540. The third-order valence-electron chi connectivity index (χ3n) is 4.22. The maximum Gasteiger partial charge on any atom is 0.328 e. The second-order valence-corrected chi connectivity index (χ2v) is 5.88. The number of pyridine rings is 2. The molecule has 0 aromatic carbocycles. The Hall–Kier alpha value is -3.81. The van der Waals surface area contributed by atoms with E-state index in [9.17, 15) is 4.79 Å². The summed E-state index contributed by atoms with van der Waals surface area (Å²) in [4.78, 5) is 32.6. The highest BCUT2D eigenvalue weighted by Crippen LogP contribution is 2.19. The molecule has 8 nitrogen and oxygen atoms in total. The molecule has 5 rings (SSSR count). The van der Waals surface area contributed by atoms with Crippen molar-refractivity contribution in [3.63, 3.8) is 0 Å². The fraction of sp³-hybridized carbons (Fsp3) is 0.0556. The molecule has 8 heteroatoms. The number of hydrogen-bond acceptors (Lipinski definition) is 5. The highest BCUT2D eigenvalue weighted by Gasteiger charge is 2.14. The molecule has 0 fully saturated rings. The Bertz CT molecular complexity index is 1280. The van der Waals surface area contributed by atoms with Crippen LogP contribution in [0.25, 0.3) is 28.3 Å². The maximum absolute atomic E-state index is 12.4. The van der Waals surface area contributed by atoms with Crippen molar-refractivity contribution in [3.8, 4) is 11.5 Å². The minimum absolute atomic E-state index is 0.228. The van der Waals surface area contributed by atoms with E-state index in [1.54, 1.807) is 29.4 Å². The normalized spacial score (nSPS) is 11.4. The third-order valence-corrected chi connectivity index (χ3v) is 4.22. The van der Waals surface area contributed by atoms with E-state index in [0.717, 1.165) is 16.9 Å². The van der Waals surface area contributed by atoms with Crippen molar-refractivity contribution >= 4 is 16.8 Å². The molecule has 0 radical (unpaired) electrons. The van der Waals surface area contributed by atoms with Crippen LogP contribution < -0.4 is 5.69 Å². The van der Waals surface area contributed by atoms with E-state index in [-0.39, 0.29) is 5.69 Å². The smallest absolute Gasteiger partial charge is 0.303 e. The number of H-pyrrole nitrogens is 1. The number of fused-ring (bicyclic) bond motifs is 2. The number of nitrogens with zero attached hydrogens (tertiary/aromatic N) is 6. The molecule has 0 spiro atoms. The maximum atomic E-state index is 12.4. The van der Waals surface area contributed by atoms with E-state index in [2.05, 4.69) is 24.9 Å². The number of aromatic nitrogens is 7. The number of rotatable bonds is 3. The van der Waals surface area contributed by atoms with Gasteiger partial charge in [0.25, 0.3) is 0 Å². The molecule has 0 saturated heterocycles. The Morgan fingerprint density at radius 2 is 2.00 bits per heavy atom. The summed E-state index contributed by atoms with van der Waals surface area (Å²) in [5.41, 5.74) is 3.42. The zero-order chi connectivity index (χ0) is 17.5. The van der Waals surface area contributed by atoms with Crippen LogP contribution in [0, 0.1) is 0 Å². The van der Waals surface area contributed by atoms with Gasteiger partial charge in [-0.25, -0.2) is 19.7 Å². The molecule has 0 aliphatic heterocycles. The predicted molar refractivity (Wildman–Crippen MR) is 95.7 cm³/mol. The average molecular weight is 343 g/mol. The zero-order valence-corrected chi connectivity index (χ0v) is 13.6. The van der Waals surface area contributed by atoms with Crippen LogP contribution in [0.3, 0.4) is 0 Å². The molecule has 126 valence electrons. The van der Waals surface area contributed by atoms with E-state index >= 15 is 0 Å². The molecule has 0 saturated carbocycles. The molecule has 0 amide bonds. The largest absolute Gasteiger partial charge is 0.328 e. The van der Waals surface area contributed by atoms with Gasteiger partial charge in [0.05, 0.1) is 18.9 Å². The van der Waals surface area contributed by atoms with Crippen LogP contribution in [0.2, 0.25) is 0 Å². The van der Waals surface area contributed by atoms with Gasteiger partial charge in [-0.3, -0.25) is 14.0 Å². The minimum Gasteiger partial charge on any atom is -0.303 e. The van der Waals surface area contributed by atoms with Gasteiger partial charge in [0.1, 0.15) is 16.9 Å². The first-order valence-electron chi connectivity index (χ1n) is 8.06. The lowest BCUT2D eigenvalue weighted by molar-refractivity contribution is 0.774. The van der Waals surface area contributed by atoms with Crippen LogP contribution in [-0.2, 0) is 6.54 Å². The van der Waals surface area contributed by atoms with Gasteiger partial charge in [0.2, 0.25) is 0 Å². The van der Waals surface area contributed by atoms with Crippen LogP contribution in [0.4, 0.5) is 0 Å². The summed E-state index contributed by atoms with van der Waals surface area (Å²) in [5.74, 6) is 0.509. The van der Waals surface area contributed by atoms with Gasteiger partial charge < -0.3 is 4.98 Å². The monoisotopic (exact) mass is 343 g/mol. The zero-order valence-electron chi connectivity index (χ0n) is 13.6. The molecular formula is C18H13N7O. The number of hydrogen-bond donors (Lipinski definition) is 1. The molecule has 5 heterocycles. The Morgan fingerprint density at radius 1 is 1.04 bits per heavy atom. The molecule has 0 aliphatic rings. The standard InChI is InChI=1S/C18H13N7O/c26-18-22-13-9-21-16(14-10-20-15-5-1-2-7-24(14)15)23-17(13)25(18)11-12-4-3-6-19-8-12/h1-10H,11H2,(H,22,26). The van der Waals surface area contributed by atoms with Crippen molar-refractivity contribution in [1.29, 1.82) is 0 Å². The summed E-state index contributed by atoms with van der Waals surface area (Å²) in [6.45, 7) is 0.385. The van der Waals surface area contributed by atoms with Crippen LogP contribution in [0.1, 0.15) is 5.56 Å². The van der Waals surface area contributed by atoms with E-state index in [1.165, 1.54) is 0 Å². The molecule has 0 unspecified atom stereocenters. The highest BCUT2D eigenvalue weighted by atomic mass is 16.1. The van der Waals surface area contributed by atoms with E-state index in [4.69, 9.17) is 0 Å². The van der Waals surface area contributed by atoms with Crippen molar-refractivity contribution < 1.29 is 0 Å². The Morgan fingerprint density at radius 3 is 2.88 bits per heavy atom. The van der Waals surface area contributed by atoms with Crippen molar-refractivity contribution in [2.75, 3.05) is 0 Å². The summed E-state index contributed by atoms with van der Waals surface area (Å²) < 4.78 is 3.50. The first-order chi connectivity index (χ1) is 12.8. The minimum atomic E-state index is -0.228. The Labute approximate surface area is 146 Å². The van der Waals surface area contributed by atoms with Gasteiger partial charge in [0, 0.05) is 18.6 Å². The Balaban J connectivity index is 1.67. The summed E-state index contributed by atoms with van der Waals surface area (Å²) in [7, 11) is 0. The molecule has 1 N–H and O–H groups in total. The van der Waals surface area contributed by atoms with Crippen LogP contribution in [0.15, 0.2) is 66.1 Å². The summed E-state index contributed by atoms with van der Waals surface area (Å²) in [6.07, 6.45) is 8.70. The van der Waals surface area contributed by atoms with Gasteiger partial charge in [-0.05, 0) is 23.8 Å². The van der Waals surface area contributed by atoms with Gasteiger partial charge in [-0.15, -0.1) is 0 Å². The van der Waals surface area contributed by atoms with Crippen molar-refractivity contribution in [1.82, 2.24) is 33.9 Å². The summed E-state index contributed by atoms with van der Waals surface area (Å²) >= 11 is 0. The van der Waals surface area contributed by atoms with E-state index < -0.39 is 0 Å². The van der Waals surface area contributed by atoms with E-state index in [0.29, 0.717) is 23.5 Å². The molecule has 0 atom stereocenters. The third kappa shape index (κ3) is 2.27.